The van der Waals surface area contributed by atoms with Gasteiger partial charge < -0.3 is 10.5 Å². The highest BCUT2D eigenvalue weighted by Gasteiger charge is 2.11. The maximum atomic E-state index is 6.00. The van der Waals surface area contributed by atoms with Crippen LogP contribution in [0, 0.1) is 0 Å². The second-order valence-corrected chi connectivity index (χ2v) is 5.31. The van der Waals surface area contributed by atoms with Crippen molar-refractivity contribution in [3.05, 3.63) is 50.0 Å². The first-order chi connectivity index (χ1) is 8.97. The minimum atomic E-state index is 0.102. The van der Waals surface area contributed by atoms with Crippen molar-refractivity contribution in [1.29, 1.82) is 0 Å². The fraction of sp³-hybridized carbons (Fsp3) is 0.0833. The van der Waals surface area contributed by atoms with Gasteiger partial charge in [0.25, 0.3) is 0 Å². The monoisotopic (exact) mass is 336 g/mol. The van der Waals surface area contributed by atoms with Gasteiger partial charge in [-0.2, -0.15) is 0 Å². The zero-order valence-electron chi connectivity index (χ0n) is 9.46. The molecule has 19 heavy (non-hydrogen) atoms. The predicted octanol–water partition coefficient (Wildman–Crippen LogP) is 4.86. The van der Waals surface area contributed by atoms with Crippen LogP contribution >= 0.6 is 46.4 Å². The zero-order valence-corrected chi connectivity index (χ0v) is 12.5. The minimum Gasteiger partial charge on any atom is -0.484 e. The molecule has 0 aliphatic rings. The highest BCUT2D eigenvalue weighted by atomic mass is 35.5. The molecule has 0 saturated carbocycles. The standard InChI is InChI=1S/C12H8Cl4N2O/c13-6-3-8(15)12(9(16)4-6)19-5-10-7(14)1-2-11(17)18-10/h1-4H,5H2,(H2,17,18). The van der Waals surface area contributed by atoms with Gasteiger partial charge in [-0.05, 0) is 24.3 Å². The number of nitrogens with two attached hydrogens (primary N) is 1. The number of aromatic nitrogens is 1. The molecule has 0 fully saturated rings. The van der Waals surface area contributed by atoms with E-state index in [4.69, 9.17) is 56.9 Å². The number of nitrogen functional groups attached to an aromatic ring is 1. The van der Waals surface area contributed by atoms with E-state index < -0.39 is 0 Å². The number of halogens is 4. The summed E-state index contributed by atoms with van der Waals surface area (Å²) < 4.78 is 5.52. The summed E-state index contributed by atoms with van der Waals surface area (Å²) in [6.07, 6.45) is 0. The average Bonchev–Trinajstić information content (AvgIpc) is 2.32. The van der Waals surface area contributed by atoms with Gasteiger partial charge in [0, 0.05) is 5.02 Å². The number of hydrogen-bond acceptors (Lipinski definition) is 3. The summed E-state index contributed by atoms with van der Waals surface area (Å²) in [5, 5.41) is 1.52. The normalized spacial score (nSPS) is 10.5. The zero-order chi connectivity index (χ0) is 14.0. The molecule has 0 unspecified atom stereocenters. The van der Waals surface area contributed by atoms with E-state index in [1.54, 1.807) is 24.3 Å². The minimum absolute atomic E-state index is 0.102. The lowest BCUT2D eigenvalue weighted by Gasteiger charge is -2.11. The summed E-state index contributed by atoms with van der Waals surface area (Å²) in [7, 11) is 0. The molecular weight excluding hydrogens is 330 g/mol. The maximum Gasteiger partial charge on any atom is 0.157 e. The van der Waals surface area contributed by atoms with E-state index in [1.807, 2.05) is 0 Å². The second kappa shape index (κ2) is 6.06. The van der Waals surface area contributed by atoms with Gasteiger partial charge in [-0.15, -0.1) is 0 Å². The smallest absolute Gasteiger partial charge is 0.157 e. The van der Waals surface area contributed by atoms with Crippen LogP contribution in [0.5, 0.6) is 5.75 Å². The number of hydrogen-bond donors (Lipinski definition) is 1. The van der Waals surface area contributed by atoms with Crippen LogP contribution in [0.4, 0.5) is 5.82 Å². The second-order valence-electron chi connectivity index (χ2n) is 3.65. The van der Waals surface area contributed by atoms with Crippen molar-refractivity contribution < 1.29 is 4.74 Å². The van der Waals surface area contributed by atoms with Gasteiger partial charge in [0.05, 0.1) is 20.8 Å². The van der Waals surface area contributed by atoms with Gasteiger partial charge >= 0.3 is 0 Å². The third-order valence-electron chi connectivity index (χ3n) is 2.26. The van der Waals surface area contributed by atoms with Crippen molar-refractivity contribution in [2.75, 3.05) is 5.73 Å². The van der Waals surface area contributed by atoms with E-state index in [0.717, 1.165) is 0 Å². The van der Waals surface area contributed by atoms with Crippen molar-refractivity contribution in [3.63, 3.8) is 0 Å². The maximum absolute atomic E-state index is 6.00. The Kier molecular flexibility index (Phi) is 4.63. The van der Waals surface area contributed by atoms with E-state index in [2.05, 4.69) is 4.98 Å². The molecule has 1 aromatic heterocycles. The predicted molar refractivity (Wildman–Crippen MR) is 79.5 cm³/mol. The van der Waals surface area contributed by atoms with Gasteiger partial charge in [0.2, 0.25) is 0 Å². The summed E-state index contributed by atoms with van der Waals surface area (Å²) in [5.74, 6) is 0.685. The number of nitrogens with zero attached hydrogens (tertiary/aromatic N) is 1. The molecule has 2 rings (SSSR count). The van der Waals surface area contributed by atoms with Gasteiger partial charge in [0.15, 0.2) is 5.75 Å². The Labute approximate surface area is 130 Å². The molecular formula is C12H8Cl4N2O. The largest absolute Gasteiger partial charge is 0.484 e. The summed E-state index contributed by atoms with van der Waals surface area (Å²) >= 11 is 23.8. The number of anilines is 1. The van der Waals surface area contributed by atoms with E-state index >= 15 is 0 Å². The van der Waals surface area contributed by atoms with Crippen molar-refractivity contribution in [2.45, 2.75) is 6.61 Å². The first-order valence-electron chi connectivity index (χ1n) is 5.15. The fourth-order valence-electron chi connectivity index (χ4n) is 1.41. The Morgan fingerprint density at radius 3 is 2.26 bits per heavy atom. The van der Waals surface area contributed by atoms with Crippen LogP contribution in [-0.4, -0.2) is 4.98 Å². The first-order valence-corrected chi connectivity index (χ1v) is 6.67. The fourth-order valence-corrected chi connectivity index (χ4v) is 2.50. The Morgan fingerprint density at radius 1 is 1.00 bits per heavy atom. The first kappa shape index (κ1) is 14.5. The van der Waals surface area contributed by atoms with E-state index in [-0.39, 0.29) is 6.61 Å². The molecule has 2 N–H and O–H groups in total. The van der Waals surface area contributed by atoms with Crippen LogP contribution in [0.2, 0.25) is 20.1 Å². The molecule has 0 amide bonds. The molecule has 100 valence electrons. The van der Waals surface area contributed by atoms with Crippen molar-refractivity contribution in [3.8, 4) is 5.75 Å². The molecule has 0 spiro atoms. The molecule has 7 heteroatoms. The van der Waals surface area contributed by atoms with Crippen LogP contribution in [-0.2, 0) is 6.61 Å². The van der Waals surface area contributed by atoms with Crippen LogP contribution < -0.4 is 10.5 Å². The molecule has 3 nitrogen and oxygen atoms in total. The number of pyridine rings is 1. The molecule has 0 aliphatic heterocycles. The molecule has 0 saturated heterocycles. The van der Waals surface area contributed by atoms with Crippen molar-refractivity contribution in [1.82, 2.24) is 4.98 Å². The summed E-state index contributed by atoms with van der Waals surface area (Å²) in [5.41, 5.74) is 6.08. The molecule has 0 atom stereocenters. The van der Waals surface area contributed by atoms with Gasteiger partial charge in [-0.25, -0.2) is 4.98 Å². The molecule has 1 heterocycles. The summed E-state index contributed by atoms with van der Waals surface area (Å²) in [4.78, 5) is 4.07. The summed E-state index contributed by atoms with van der Waals surface area (Å²) in [6, 6.07) is 6.33. The Bertz CT molecular complexity index is 596. The van der Waals surface area contributed by atoms with Crippen LogP contribution in [0.25, 0.3) is 0 Å². The topological polar surface area (TPSA) is 48.1 Å². The van der Waals surface area contributed by atoms with Crippen LogP contribution in [0.3, 0.4) is 0 Å². The van der Waals surface area contributed by atoms with Gasteiger partial charge in [-0.1, -0.05) is 46.4 Å². The van der Waals surface area contributed by atoms with Gasteiger partial charge in [0.1, 0.15) is 12.4 Å². The SMILES string of the molecule is Nc1ccc(Cl)c(COc2c(Cl)cc(Cl)cc2Cl)n1. The average molecular weight is 338 g/mol. The lowest BCUT2D eigenvalue weighted by molar-refractivity contribution is 0.302. The summed E-state index contributed by atoms with van der Waals surface area (Å²) in [6.45, 7) is 0.102. The third kappa shape index (κ3) is 3.57. The molecule has 0 aliphatic carbocycles. The lowest BCUT2D eigenvalue weighted by Crippen LogP contribution is -2.02. The van der Waals surface area contributed by atoms with E-state index in [1.165, 1.54) is 0 Å². The number of benzene rings is 1. The lowest BCUT2D eigenvalue weighted by atomic mass is 10.3. The van der Waals surface area contributed by atoms with Crippen LogP contribution in [0.15, 0.2) is 24.3 Å². The quantitative estimate of drug-likeness (QED) is 0.870. The van der Waals surface area contributed by atoms with Crippen LogP contribution in [0.1, 0.15) is 5.69 Å². The highest BCUT2D eigenvalue weighted by molar-refractivity contribution is 6.40. The van der Waals surface area contributed by atoms with Crippen molar-refractivity contribution >= 4 is 52.2 Å². The molecule has 0 bridgehead atoms. The van der Waals surface area contributed by atoms with E-state index in [9.17, 15) is 0 Å². The van der Waals surface area contributed by atoms with Gasteiger partial charge in [-0.3, -0.25) is 0 Å². The third-order valence-corrected chi connectivity index (χ3v) is 3.38. The number of rotatable bonds is 3. The highest BCUT2D eigenvalue weighted by Crippen LogP contribution is 2.36. The molecule has 0 radical (unpaired) electrons. The Hall–Kier alpha value is -0.870. The Morgan fingerprint density at radius 2 is 1.63 bits per heavy atom. The Balaban J connectivity index is 2.21. The number of ether oxygens (including phenoxy) is 1. The van der Waals surface area contributed by atoms with E-state index in [0.29, 0.717) is 37.4 Å². The molecule has 1 aromatic carbocycles. The molecule has 2 aromatic rings. The van der Waals surface area contributed by atoms with Crippen molar-refractivity contribution in [2.24, 2.45) is 0 Å².